The molecule has 3 rings (SSSR count). The summed E-state index contributed by atoms with van der Waals surface area (Å²) >= 11 is 0. The van der Waals surface area contributed by atoms with E-state index in [4.69, 9.17) is 0 Å². The van der Waals surface area contributed by atoms with Crippen LogP contribution in [0.2, 0.25) is 0 Å². The molecule has 0 fully saturated rings. The molecule has 0 aliphatic carbocycles. The van der Waals surface area contributed by atoms with Gasteiger partial charge in [-0.3, -0.25) is 0 Å². The third-order valence-corrected chi connectivity index (χ3v) is 3.77. The van der Waals surface area contributed by atoms with Gasteiger partial charge in [-0.15, -0.1) is 0 Å². The first-order chi connectivity index (χ1) is 10.2. The van der Waals surface area contributed by atoms with Gasteiger partial charge in [-0.25, -0.2) is 9.67 Å². The summed E-state index contributed by atoms with van der Waals surface area (Å²) in [6, 6.07) is 10.5. The highest BCUT2D eigenvalue weighted by molar-refractivity contribution is 5.42. The normalized spacial score (nSPS) is 12.8. The van der Waals surface area contributed by atoms with Crippen LogP contribution in [-0.4, -0.2) is 19.3 Å². The quantitative estimate of drug-likeness (QED) is 0.728. The highest BCUT2D eigenvalue weighted by atomic mass is 15.3. The lowest BCUT2D eigenvalue weighted by Crippen LogP contribution is -2.13. The lowest BCUT2D eigenvalue weighted by Gasteiger charge is -2.21. The van der Waals surface area contributed by atoms with Crippen molar-refractivity contribution in [3.8, 4) is 5.69 Å². The van der Waals surface area contributed by atoms with Gasteiger partial charge in [0.15, 0.2) is 0 Å². The molecule has 0 N–H and O–H groups in total. The summed E-state index contributed by atoms with van der Waals surface area (Å²) in [5.41, 5.74) is 2.35. The largest absolute Gasteiger partial charge is 0.327 e. The van der Waals surface area contributed by atoms with Gasteiger partial charge in [-0.1, -0.05) is 32.0 Å². The summed E-state index contributed by atoms with van der Waals surface area (Å²) in [4.78, 5) is 4.50. The van der Waals surface area contributed by atoms with E-state index in [0.717, 1.165) is 11.5 Å². The van der Waals surface area contributed by atoms with Crippen molar-refractivity contribution < 1.29 is 0 Å². The molecule has 4 heteroatoms. The Morgan fingerprint density at radius 3 is 2.48 bits per heavy atom. The van der Waals surface area contributed by atoms with Gasteiger partial charge >= 0.3 is 0 Å². The second kappa shape index (κ2) is 5.56. The minimum atomic E-state index is 0.213. The van der Waals surface area contributed by atoms with E-state index in [-0.39, 0.29) is 6.04 Å². The number of hydrogen-bond donors (Lipinski definition) is 0. The average molecular weight is 280 g/mol. The van der Waals surface area contributed by atoms with Gasteiger partial charge in [0.2, 0.25) is 0 Å². The van der Waals surface area contributed by atoms with Crippen LogP contribution in [0.15, 0.2) is 55.1 Å². The van der Waals surface area contributed by atoms with E-state index < -0.39 is 0 Å². The van der Waals surface area contributed by atoms with Gasteiger partial charge in [0.05, 0.1) is 11.7 Å². The molecule has 2 aromatic heterocycles. The van der Waals surface area contributed by atoms with Gasteiger partial charge in [-0.2, -0.15) is 5.10 Å². The zero-order chi connectivity index (χ0) is 14.8. The predicted octanol–water partition coefficient (Wildman–Crippen LogP) is 3.80. The summed E-state index contributed by atoms with van der Waals surface area (Å²) in [7, 11) is 0. The lowest BCUT2D eigenvalue weighted by molar-refractivity contribution is 0.574. The fraction of sp³-hybridized carbons (Fsp3) is 0.294. The second-order valence-electron chi connectivity index (χ2n) is 5.53. The number of rotatable bonds is 4. The Balaban J connectivity index is 2.06. The zero-order valence-corrected chi connectivity index (χ0v) is 12.6. The van der Waals surface area contributed by atoms with E-state index in [9.17, 15) is 0 Å². The second-order valence-corrected chi connectivity index (χ2v) is 5.53. The van der Waals surface area contributed by atoms with Gasteiger partial charge < -0.3 is 4.57 Å². The van der Waals surface area contributed by atoms with Crippen LogP contribution in [0, 0.1) is 0 Å². The number of aromatic nitrogens is 4. The van der Waals surface area contributed by atoms with Crippen molar-refractivity contribution in [1.29, 1.82) is 0 Å². The monoisotopic (exact) mass is 280 g/mol. The van der Waals surface area contributed by atoms with Gasteiger partial charge in [-0.05, 0) is 19.1 Å². The van der Waals surface area contributed by atoms with E-state index in [0.29, 0.717) is 5.92 Å². The minimum absolute atomic E-state index is 0.213. The molecule has 0 spiro atoms. The highest BCUT2D eigenvalue weighted by Crippen LogP contribution is 2.27. The molecule has 21 heavy (non-hydrogen) atoms. The number of imidazole rings is 1. The fourth-order valence-corrected chi connectivity index (χ4v) is 2.71. The van der Waals surface area contributed by atoms with Crippen molar-refractivity contribution in [2.45, 2.75) is 32.7 Å². The summed E-state index contributed by atoms with van der Waals surface area (Å²) < 4.78 is 4.16. The van der Waals surface area contributed by atoms with E-state index >= 15 is 0 Å². The van der Waals surface area contributed by atoms with Crippen LogP contribution in [-0.2, 0) is 0 Å². The molecule has 0 aliphatic rings. The van der Waals surface area contributed by atoms with Crippen LogP contribution in [0.25, 0.3) is 5.69 Å². The molecule has 4 nitrogen and oxygen atoms in total. The minimum Gasteiger partial charge on any atom is -0.327 e. The van der Waals surface area contributed by atoms with Crippen LogP contribution >= 0.6 is 0 Å². The Labute approximate surface area is 125 Å². The Hall–Kier alpha value is -2.36. The van der Waals surface area contributed by atoms with E-state index in [1.165, 1.54) is 5.56 Å². The molecule has 0 saturated heterocycles. The Bertz CT molecular complexity index is 710. The summed E-state index contributed by atoms with van der Waals surface area (Å²) in [6.07, 6.45) is 7.71. The molecule has 0 amide bonds. The Morgan fingerprint density at radius 1 is 0.952 bits per heavy atom. The fourth-order valence-electron chi connectivity index (χ4n) is 2.71. The topological polar surface area (TPSA) is 35.6 Å². The lowest BCUT2D eigenvalue weighted by atomic mass is 10.0. The van der Waals surface area contributed by atoms with E-state index in [1.54, 1.807) is 6.20 Å². The van der Waals surface area contributed by atoms with Crippen molar-refractivity contribution in [1.82, 2.24) is 19.3 Å². The van der Waals surface area contributed by atoms with Crippen molar-refractivity contribution in [3.05, 3.63) is 66.5 Å². The number of nitrogens with zero attached hydrogens (tertiary/aromatic N) is 4. The molecule has 0 aliphatic heterocycles. The van der Waals surface area contributed by atoms with Crippen LogP contribution in [0.3, 0.4) is 0 Å². The van der Waals surface area contributed by atoms with Gasteiger partial charge in [0, 0.05) is 36.3 Å². The third-order valence-electron chi connectivity index (χ3n) is 3.77. The maximum Gasteiger partial charge on any atom is 0.111 e. The number of para-hydroxylation sites is 1. The van der Waals surface area contributed by atoms with Crippen LogP contribution in [0.4, 0.5) is 0 Å². The highest BCUT2D eigenvalue weighted by Gasteiger charge is 2.17. The molecule has 0 radical (unpaired) electrons. The van der Waals surface area contributed by atoms with E-state index in [1.807, 2.05) is 29.2 Å². The summed E-state index contributed by atoms with van der Waals surface area (Å²) in [6.45, 7) is 6.55. The third kappa shape index (κ3) is 2.49. The van der Waals surface area contributed by atoms with Crippen LogP contribution in [0.1, 0.15) is 44.1 Å². The van der Waals surface area contributed by atoms with Crippen LogP contribution < -0.4 is 0 Å². The molecule has 0 bridgehead atoms. The van der Waals surface area contributed by atoms with Gasteiger partial charge in [0.25, 0.3) is 0 Å². The smallest absolute Gasteiger partial charge is 0.111 e. The SMILES string of the molecule is CC(C)c1nccn1[C@@H](C)c1ccccc1-n1cccn1. The molecular formula is C17H20N4. The molecular weight excluding hydrogens is 260 g/mol. The first-order valence-electron chi connectivity index (χ1n) is 7.30. The zero-order valence-electron chi connectivity index (χ0n) is 12.6. The molecule has 2 heterocycles. The Morgan fingerprint density at radius 2 is 1.76 bits per heavy atom. The molecule has 3 aromatic rings. The summed E-state index contributed by atoms with van der Waals surface area (Å²) in [5.74, 6) is 1.51. The van der Waals surface area contributed by atoms with E-state index in [2.05, 4.69) is 59.8 Å². The van der Waals surface area contributed by atoms with Crippen molar-refractivity contribution >= 4 is 0 Å². The maximum absolute atomic E-state index is 4.50. The summed E-state index contributed by atoms with van der Waals surface area (Å²) in [5, 5.41) is 4.36. The van der Waals surface area contributed by atoms with Crippen molar-refractivity contribution in [2.24, 2.45) is 0 Å². The molecule has 0 saturated carbocycles. The van der Waals surface area contributed by atoms with Crippen molar-refractivity contribution in [2.75, 3.05) is 0 Å². The predicted molar refractivity (Wildman–Crippen MR) is 83.7 cm³/mol. The maximum atomic E-state index is 4.50. The molecule has 108 valence electrons. The molecule has 0 unspecified atom stereocenters. The average Bonchev–Trinajstić information content (AvgIpc) is 3.17. The van der Waals surface area contributed by atoms with Crippen LogP contribution in [0.5, 0.6) is 0 Å². The molecule has 1 aromatic carbocycles. The van der Waals surface area contributed by atoms with Gasteiger partial charge in [0.1, 0.15) is 5.82 Å². The molecule has 1 atom stereocenters. The first-order valence-corrected chi connectivity index (χ1v) is 7.30. The standard InChI is InChI=1S/C17H20N4/c1-13(2)17-18-10-12-20(17)14(3)15-7-4-5-8-16(15)21-11-6-9-19-21/h4-14H,1-3H3/t14-/m0/s1. The Kier molecular flexibility index (Phi) is 3.60. The first kappa shape index (κ1) is 13.6. The number of benzene rings is 1. The number of hydrogen-bond acceptors (Lipinski definition) is 2. The van der Waals surface area contributed by atoms with Crippen molar-refractivity contribution in [3.63, 3.8) is 0 Å².